The minimum atomic E-state index is -0.458. The number of hydrogen-bond donors (Lipinski definition) is 2. The summed E-state index contributed by atoms with van der Waals surface area (Å²) in [4.78, 5) is 23.9. The number of carbonyl (C=O) groups is 2. The van der Waals surface area contributed by atoms with Gasteiger partial charge in [0.05, 0.1) is 20.0 Å². The van der Waals surface area contributed by atoms with Gasteiger partial charge in [-0.25, -0.2) is 0 Å². The Morgan fingerprint density at radius 3 is 2.48 bits per heavy atom. The summed E-state index contributed by atoms with van der Waals surface area (Å²) in [7, 11) is 2.99. The number of methoxy groups -OCH3 is 2. The molecule has 0 unspecified atom stereocenters. The molecule has 1 aromatic heterocycles. The van der Waals surface area contributed by atoms with E-state index in [1.165, 1.54) is 55.1 Å². The summed E-state index contributed by atoms with van der Waals surface area (Å²) in [5, 5.41) is 7.90. The predicted molar refractivity (Wildman–Crippen MR) is 97.6 cm³/mol. The second-order valence-corrected chi connectivity index (χ2v) is 7.65. The molecule has 0 fully saturated rings. The van der Waals surface area contributed by atoms with Gasteiger partial charge in [-0.3, -0.25) is 20.4 Å². The molecule has 25 heavy (non-hydrogen) atoms. The largest absolute Gasteiger partial charge is 0.493 e. The van der Waals surface area contributed by atoms with E-state index in [1.54, 1.807) is 12.1 Å². The van der Waals surface area contributed by atoms with E-state index >= 15 is 0 Å². The van der Waals surface area contributed by atoms with Gasteiger partial charge in [0.2, 0.25) is 5.91 Å². The Kier molecular flexibility index (Phi) is 7.34. The van der Waals surface area contributed by atoms with Gasteiger partial charge in [0, 0.05) is 5.56 Å². The van der Waals surface area contributed by atoms with Crippen molar-refractivity contribution in [1.82, 2.24) is 21.0 Å². The lowest BCUT2D eigenvalue weighted by molar-refractivity contribution is -0.119. The summed E-state index contributed by atoms with van der Waals surface area (Å²) in [6.07, 6.45) is 1.91. The van der Waals surface area contributed by atoms with Crippen LogP contribution in [-0.2, 0) is 4.79 Å². The maximum absolute atomic E-state index is 12.1. The van der Waals surface area contributed by atoms with Gasteiger partial charge in [-0.2, -0.15) is 0 Å². The number of rotatable bonds is 7. The molecule has 1 aromatic carbocycles. The lowest BCUT2D eigenvalue weighted by Crippen LogP contribution is -2.42. The molecule has 0 atom stereocenters. The summed E-state index contributed by atoms with van der Waals surface area (Å²) >= 11 is 4.17. The van der Waals surface area contributed by atoms with Gasteiger partial charge in [-0.05, 0) is 24.5 Å². The van der Waals surface area contributed by atoms with Crippen molar-refractivity contribution < 1.29 is 19.1 Å². The lowest BCUT2D eigenvalue weighted by atomic mass is 10.2. The highest BCUT2D eigenvalue weighted by molar-refractivity contribution is 8.03. The highest BCUT2D eigenvalue weighted by atomic mass is 32.2. The Bertz CT molecular complexity index is 753. The topological polar surface area (TPSA) is 102 Å². The predicted octanol–water partition coefficient (Wildman–Crippen LogP) is 1.83. The van der Waals surface area contributed by atoms with Crippen LogP contribution in [-0.4, -0.2) is 48.2 Å². The fourth-order valence-corrected chi connectivity index (χ4v) is 3.92. The standard InChI is InChI=1S/C14H16N4O4S3/c1-21-9-5-4-8(6-10(9)22-2)12(20)16-15-11(19)7-24-14-18-17-13(23-3)25-14/h4-6H,7H2,1-3H3,(H,15,19)(H,16,20). The zero-order valence-corrected chi connectivity index (χ0v) is 16.1. The minimum absolute atomic E-state index is 0.120. The average Bonchev–Trinajstić information content (AvgIpc) is 3.11. The number of benzene rings is 1. The van der Waals surface area contributed by atoms with E-state index < -0.39 is 5.91 Å². The highest BCUT2D eigenvalue weighted by Gasteiger charge is 2.12. The number of aromatic nitrogens is 2. The third-order valence-corrected chi connectivity index (χ3v) is 5.88. The number of hydrazine groups is 1. The molecule has 2 amide bonds. The fourth-order valence-electron chi connectivity index (χ4n) is 1.68. The first-order valence-corrected chi connectivity index (χ1v) is 9.91. The number of nitrogens with one attached hydrogen (secondary N) is 2. The maximum atomic E-state index is 12.1. The molecule has 2 N–H and O–H groups in total. The van der Waals surface area contributed by atoms with Gasteiger partial charge in [-0.15, -0.1) is 10.2 Å². The van der Waals surface area contributed by atoms with E-state index in [2.05, 4.69) is 21.0 Å². The van der Waals surface area contributed by atoms with Gasteiger partial charge in [0.15, 0.2) is 20.2 Å². The second-order valence-electron chi connectivity index (χ2n) is 4.40. The molecule has 0 bridgehead atoms. The zero-order chi connectivity index (χ0) is 18.2. The third-order valence-electron chi connectivity index (χ3n) is 2.85. The minimum Gasteiger partial charge on any atom is -0.493 e. The van der Waals surface area contributed by atoms with E-state index in [0.717, 1.165) is 4.34 Å². The van der Waals surface area contributed by atoms with Gasteiger partial charge >= 0.3 is 0 Å². The van der Waals surface area contributed by atoms with Crippen molar-refractivity contribution >= 4 is 46.7 Å². The van der Waals surface area contributed by atoms with Crippen molar-refractivity contribution in [3.8, 4) is 11.5 Å². The normalized spacial score (nSPS) is 10.2. The van der Waals surface area contributed by atoms with Crippen molar-refractivity contribution in [1.29, 1.82) is 0 Å². The van der Waals surface area contributed by atoms with Crippen LogP contribution in [0.5, 0.6) is 11.5 Å². The van der Waals surface area contributed by atoms with Crippen LogP contribution in [0.2, 0.25) is 0 Å². The first kappa shape index (κ1) is 19.3. The first-order chi connectivity index (χ1) is 12.1. The molecule has 11 heteroatoms. The van der Waals surface area contributed by atoms with Crippen LogP contribution in [0, 0.1) is 0 Å². The molecule has 0 aliphatic rings. The number of amides is 2. The second kappa shape index (κ2) is 9.49. The van der Waals surface area contributed by atoms with Crippen molar-refractivity contribution in [2.45, 2.75) is 8.68 Å². The number of thioether (sulfide) groups is 2. The molecule has 8 nitrogen and oxygen atoms in total. The molecule has 0 aliphatic carbocycles. The van der Waals surface area contributed by atoms with E-state index in [9.17, 15) is 9.59 Å². The fraction of sp³-hybridized carbons (Fsp3) is 0.286. The van der Waals surface area contributed by atoms with Crippen molar-refractivity contribution in [3.05, 3.63) is 23.8 Å². The van der Waals surface area contributed by atoms with Crippen LogP contribution in [0.25, 0.3) is 0 Å². The zero-order valence-electron chi connectivity index (χ0n) is 13.7. The smallest absolute Gasteiger partial charge is 0.269 e. The average molecular weight is 401 g/mol. The molecule has 0 saturated heterocycles. The molecule has 0 aliphatic heterocycles. The molecular formula is C14H16N4O4S3. The van der Waals surface area contributed by atoms with Crippen LogP contribution in [0.1, 0.15) is 10.4 Å². The molecule has 134 valence electrons. The Morgan fingerprint density at radius 2 is 1.84 bits per heavy atom. The molecule has 0 saturated carbocycles. The quantitative estimate of drug-likeness (QED) is 0.536. The third kappa shape index (κ3) is 5.51. The first-order valence-electron chi connectivity index (χ1n) is 6.89. The lowest BCUT2D eigenvalue weighted by Gasteiger charge is -2.10. The Morgan fingerprint density at radius 1 is 1.12 bits per heavy atom. The van der Waals surface area contributed by atoms with E-state index in [1.807, 2.05) is 6.26 Å². The summed E-state index contributed by atoms with van der Waals surface area (Å²) in [5.74, 6) is 0.258. The SMILES string of the molecule is COc1ccc(C(=O)NNC(=O)CSc2nnc(SC)s2)cc1OC. The number of carbonyl (C=O) groups excluding carboxylic acids is 2. The van der Waals surface area contributed by atoms with E-state index in [4.69, 9.17) is 9.47 Å². The Hall–Kier alpha value is -1.98. The summed E-state index contributed by atoms with van der Waals surface area (Å²) < 4.78 is 11.8. The van der Waals surface area contributed by atoms with E-state index in [-0.39, 0.29) is 11.7 Å². The number of nitrogens with zero attached hydrogens (tertiary/aromatic N) is 2. The van der Waals surface area contributed by atoms with Gasteiger partial charge in [-0.1, -0.05) is 34.9 Å². The van der Waals surface area contributed by atoms with Crippen LogP contribution in [0.3, 0.4) is 0 Å². The summed E-state index contributed by atoms with van der Waals surface area (Å²) in [5.41, 5.74) is 5.05. The van der Waals surface area contributed by atoms with Crippen molar-refractivity contribution in [3.63, 3.8) is 0 Å². The monoisotopic (exact) mass is 400 g/mol. The highest BCUT2D eigenvalue weighted by Crippen LogP contribution is 2.28. The van der Waals surface area contributed by atoms with Gasteiger partial charge in [0.1, 0.15) is 0 Å². The van der Waals surface area contributed by atoms with Gasteiger partial charge in [0.25, 0.3) is 5.91 Å². The molecule has 0 radical (unpaired) electrons. The molecule has 2 aromatic rings. The Balaban J connectivity index is 1.83. The Labute approximate surface area is 157 Å². The van der Waals surface area contributed by atoms with Crippen LogP contribution < -0.4 is 20.3 Å². The summed E-state index contributed by atoms with van der Waals surface area (Å²) in [6.45, 7) is 0. The van der Waals surface area contributed by atoms with E-state index in [0.29, 0.717) is 21.4 Å². The van der Waals surface area contributed by atoms with Gasteiger partial charge < -0.3 is 9.47 Å². The van der Waals surface area contributed by atoms with Crippen LogP contribution in [0.4, 0.5) is 0 Å². The summed E-state index contributed by atoms with van der Waals surface area (Å²) in [6, 6.07) is 4.72. The maximum Gasteiger partial charge on any atom is 0.269 e. The molecular weight excluding hydrogens is 384 g/mol. The number of ether oxygens (including phenoxy) is 2. The molecule has 0 spiro atoms. The van der Waals surface area contributed by atoms with Crippen LogP contribution >= 0.6 is 34.9 Å². The molecule has 1 heterocycles. The number of hydrogen-bond acceptors (Lipinski definition) is 9. The molecule has 2 rings (SSSR count). The van der Waals surface area contributed by atoms with Crippen molar-refractivity contribution in [2.75, 3.05) is 26.2 Å². The van der Waals surface area contributed by atoms with Crippen LogP contribution in [0.15, 0.2) is 26.9 Å². The van der Waals surface area contributed by atoms with Crippen molar-refractivity contribution in [2.24, 2.45) is 0 Å².